The number of unbranched alkanes of at least 4 members (excludes halogenated alkanes) is 5. The Morgan fingerprint density at radius 3 is 1.76 bits per heavy atom. The van der Waals surface area contributed by atoms with Gasteiger partial charge in [0, 0.05) is 13.6 Å². The SMILES string of the molecule is CCCCCCCC.CN1CCCCS1(=O)=O. The fourth-order valence-electron chi connectivity index (χ4n) is 1.77. The summed E-state index contributed by atoms with van der Waals surface area (Å²) < 4.78 is 23.2. The van der Waals surface area contributed by atoms with E-state index in [4.69, 9.17) is 0 Å². The predicted molar refractivity (Wildman–Crippen MR) is 74.7 cm³/mol. The zero-order valence-electron chi connectivity index (χ0n) is 11.7. The predicted octanol–water partition coefficient (Wildman–Crippen LogP) is 3.41. The summed E-state index contributed by atoms with van der Waals surface area (Å²) >= 11 is 0. The molecule has 1 aliphatic heterocycles. The molecule has 0 radical (unpaired) electrons. The largest absolute Gasteiger partial charge is 0.213 e. The maximum absolute atomic E-state index is 10.9. The van der Waals surface area contributed by atoms with Gasteiger partial charge in [0.1, 0.15) is 0 Å². The summed E-state index contributed by atoms with van der Waals surface area (Å²) in [6.07, 6.45) is 10.3. The fourth-order valence-corrected chi connectivity index (χ4v) is 3.06. The van der Waals surface area contributed by atoms with Crippen LogP contribution in [0, 0.1) is 0 Å². The molecule has 0 aromatic carbocycles. The Bertz CT molecular complexity index is 257. The summed E-state index contributed by atoms with van der Waals surface area (Å²) in [5, 5.41) is 0. The van der Waals surface area contributed by atoms with Gasteiger partial charge >= 0.3 is 0 Å². The van der Waals surface area contributed by atoms with Gasteiger partial charge in [-0.05, 0) is 12.8 Å². The van der Waals surface area contributed by atoms with E-state index in [2.05, 4.69) is 13.8 Å². The first-order valence-corrected chi connectivity index (χ1v) is 8.59. The van der Waals surface area contributed by atoms with Crippen LogP contribution in [-0.2, 0) is 10.0 Å². The number of hydrogen-bond acceptors (Lipinski definition) is 2. The lowest BCUT2D eigenvalue weighted by Crippen LogP contribution is -2.34. The molecule has 1 fully saturated rings. The van der Waals surface area contributed by atoms with Crippen molar-refractivity contribution in [1.29, 1.82) is 0 Å². The van der Waals surface area contributed by atoms with Crippen molar-refractivity contribution >= 4 is 10.0 Å². The van der Waals surface area contributed by atoms with E-state index in [-0.39, 0.29) is 0 Å². The minimum atomic E-state index is -2.83. The average Bonchev–Trinajstić information content (AvgIpc) is 2.30. The minimum absolute atomic E-state index is 0.337. The van der Waals surface area contributed by atoms with Gasteiger partial charge < -0.3 is 0 Å². The van der Waals surface area contributed by atoms with E-state index in [1.165, 1.54) is 42.8 Å². The lowest BCUT2D eigenvalue weighted by atomic mass is 10.1. The molecule has 1 aliphatic rings. The summed E-state index contributed by atoms with van der Waals surface area (Å²) in [5.74, 6) is 0.337. The van der Waals surface area contributed by atoms with Crippen LogP contribution in [0.5, 0.6) is 0 Å². The zero-order valence-corrected chi connectivity index (χ0v) is 12.6. The molecular weight excluding hydrogens is 234 g/mol. The summed E-state index contributed by atoms with van der Waals surface area (Å²) in [4.78, 5) is 0. The van der Waals surface area contributed by atoms with Gasteiger partial charge in [0.2, 0.25) is 10.0 Å². The molecule has 0 saturated carbocycles. The van der Waals surface area contributed by atoms with Gasteiger partial charge in [0.05, 0.1) is 5.75 Å². The minimum Gasteiger partial charge on any atom is -0.212 e. The molecule has 0 spiro atoms. The molecule has 0 amide bonds. The second-order valence-electron chi connectivity index (χ2n) is 4.76. The fraction of sp³-hybridized carbons (Fsp3) is 1.00. The highest BCUT2D eigenvalue weighted by Gasteiger charge is 2.20. The quantitative estimate of drug-likeness (QED) is 0.713. The number of rotatable bonds is 5. The van der Waals surface area contributed by atoms with E-state index < -0.39 is 10.0 Å². The maximum Gasteiger partial charge on any atom is 0.213 e. The molecular formula is C13H29NO2S. The Morgan fingerprint density at radius 2 is 1.47 bits per heavy atom. The number of sulfonamides is 1. The lowest BCUT2D eigenvalue weighted by Gasteiger charge is -2.21. The monoisotopic (exact) mass is 263 g/mol. The smallest absolute Gasteiger partial charge is 0.212 e. The molecule has 0 aromatic rings. The Labute approximate surface area is 108 Å². The van der Waals surface area contributed by atoms with Crippen molar-refractivity contribution in [1.82, 2.24) is 4.31 Å². The molecule has 0 bridgehead atoms. The van der Waals surface area contributed by atoms with Gasteiger partial charge in [-0.15, -0.1) is 0 Å². The van der Waals surface area contributed by atoms with E-state index in [1.54, 1.807) is 7.05 Å². The highest BCUT2D eigenvalue weighted by Crippen LogP contribution is 2.09. The van der Waals surface area contributed by atoms with Gasteiger partial charge in [0.15, 0.2) is 0 Å². The standard InChI is InChI=1S/C8H18.C5H11NO2S/c1-3-5-7-8-6-4-2;1-6-4-2-3-5-9(6,7)8/h3-8H2,1-2H3;2-5H2,1H3. The molecule has 0 aliphatic carbocycles. The van der Waals surface area contributed by atoms with E-state index >= 15 is 0 Å². The molecule has 1 saturated heterocycles. The first kappa shape index (κ1) is 16.9. The zero-order chi connectivity index (χ0) is 13.1. The molecule has 3 nitrogen and oxygen atoms in total. The lowest BCUT2D eigenvalue weighted by molar-refractivity contribution is 0.435. The molecule has 0 unspecified atom stereocenters. The first-order chi connectivity index (χ1) is 8.04. The summed E-state index contributed by atoms with van der Waals surface area (Å²) in [6, 6.07) is 0. The summed E-state index contributed by atoms with van der Waals surface area (Å²) in [5.41, 5.74) is 0. The molecule has 104 valence electrons. The van der Waals surface area contributed by atoms with Crippen molar-refractivity contribution in [2.45, 2.75) is 65.2 Å². The van der Waals surface area contributed by atoms with E-state index in [9.17, 15) is 8.42 Å². The molecule has 0 N–H and O–H groups in total. The number of hydrogen-bond donors (Lipinski definition) is 0. The Kier molecular flexibility index (Phi) is 9.84. The van der Waals surface area contributed by atoms with Crippen molar-refractivity contribution in [3.05, 3.63) is 0 Å². The average molecular weight is 263 g/mol. The second kappa shape index (κ2) is 9.89. The van der Waals surface area contributed by atoms with Crippen molar-refractivity contribution < 1.29 is 8.42 Å². The molecule has 0 atom stereocenters. The molecule has 0 aromatic heterocycles. The van der Waals surface area contributed by atoms with Crippen molar-refractivity contribution in [3.8, 4) is 0 Å². The van der Waals surface area contributed by atoms with Gasteiger partial charge in [-0.25, -0.2) is 12.7 Å². The second-order valence-corrected chi connectivity index (χ2v) is 6.95. The van der Waals surface area contributed by atoms with Gasteiger partial charge in [-0.3, -0.25) is 0 Å². The summed E-state index contributed by atoms with van der Waals surface area (Å²) in [7, 11) is -1.19. The van der Waals surface area contributed by atoms with E-state index in [0.29, 0.717) is 12.3 Å². The van der Waals surface area contributed by atoms with E-state index in [0.717, 1.165) is 12.8 Å². The Morgan fingerprint density at radius 1 is 0.941 bits per heavy atom. The van der Waals surface area contributed by atoms with Crippen LogP contribution >= 0.6 is 0 Å². The highest BCUT2D eigenvalue weighted by molar-refractivity contribution is 7.89. The highest BCUT2D eigenvalue weighted by atomic mass is 32.2. The van der Waals surface area contributed by atoms with Gasteiger partial charge in [-0.2, -0.15) is 0 Å². The van der Waals surface area contributed by atoms with Crippen LogP contribution in [0.1, 0.15) is 65.2 Å². The van der Waals surface area contributed by atoms with Crippen LogP contribution in [0.3, 0.4) is 0 Å². The molecule has 17 heavy (non-hydrogen) atoms. The molecule has 1 rings (SSSR count). The third-order valence-corrected chi connectivity index (χ3v) is 4.99. The van der Waals surface area contributed by atoms with Crippen molar-refractivity contribution in [2.24, 2.45) is 0 Å². The molecule has 4 heteroatoms. The maximum atomic E-state index is 10.9. The third-order valence-electron chi connectivity index (χ3n) is 3.06. The van der Waals surface area contributed by atoms with Crippen LogP contribution in [0.25, 0.3) is 0 Å². The Balaban J connectivity index is 0.000000304. The van der Waals surface area contributed by atoms with Gasteiger partial charge in [0.25, 0.3) is 0 Å². The van der Waals surface area contributed by atoms with Crippen molar-refractivity contribution in [2.75, 3.05) is 19.3 Å². The van der Waals surface area contributed by atoms with Crippen LogP contribution in [0.2, 0.25) is 0 Å². The van der Waals surface area contributed by atoms with Crippen LogP contribution in [-0.4, -0.2) is 32.1 Å². The number of nitrogens with zero attached hydrogens (tertiary/aromatic N) is 1. The van der Waals surface area contributed by atoms with E-state index in [1.807, 2.05) is 0 Å². The van der Waals surface area contributed by atoms with Crippen LogP contribution in [0.4, 0.5) is 0 Å². The molecule has 1 heterocycles. The summed E-state index contributed by atoms with van der Waals surface area (Å²) in [6.45, 7) is 5.21. The van der Waals surface area contributed by atoms with Crippen LogP contribution < -0.4 is 0 Å². The normalized spacial score (nSPS) is 19.5. The Hall–Kier alpha value is -0.0900. The topological polar surface area (TPSA) is 37.4 Å². The van der Waals surface area contributed by atoms with Crippen molar-refractivity contribution in [3.63, 3.8) is 0 Å². The van der Waals surface area contributed by atoms with Gasteiger partial charge in [-0.1, -0.05) is 52.4 Å². The van der Waals surface area contributed by atoms with Crippen LogP contribution in [0.15, 0.2) is 0 Å². The first-order valence-electron chi connectivity index (χ1n) is 6.98. The third kappa shape index (κ3) is 8.61.